The van der Waals surface area contributed by atoms with Gasteiger partial charge in [-0.15, -0.1) is 0 Å². The average molecular weight is 379 g/mol. The molecule has 2 aromatic carbocycles. The Morgan fingerprint density at radius 1 is 0.929 bits per heavy atom. The van der Waals surface area contributed by atoms with Crippen LogP contribution in [0.3, 0.4) is 0 Å². The summed E-state index contributed by atoms with van der Waals surface area (Å²) < 4.78 is 11.5. The third-order valence-corrected chi connectivity index (χ3v) is 6.06. The van der Waals surface area contributed by atoms with E-state index in [1.54, 1.807) is 24.3 Å². The number of esters is 2. The number of carbonyl (C=O) groups excluding carboxylic acids is 2. The lowest BCUT2D eigenvalue weighted by Gasteiger charge is -2.42. The van der Waals surface area contributed by atoms with E-state index < -0.39 is 0 Å². The van der Waals surface area contributed by atoms with Crippen molar-refractivity contribution in [3.05, 3.63) is 71.8 Å². The van der Waals surface area contributed by atoms with E-state index in [0.717, 1.165) is 19.3 Å². The molecule has 28 heavy (non-hydrogen) atoms. The molecule has 5 heteroatoms. The van der Waals surface area contributed by atoms with Crippen LogP contribution in [0.4, 0.5) is 0 Å². The molecule has 0 aliphatic carbocycles. The Morgan fingerprint density at radius 2 is 1.54 bits per heavy atom. The molecular weight excluding hydrogens is 354 g/mol. The molecule has 4 unspecified atom stereocenters. The fourth-order valence-corrected chi connectivity index (χ4v) is 4.50. The minimum Gasteiger partial charge on any atom is -0.462 e. The van der Waals surface area contributed by atoms with E-state index in [4.69, 9.17) is 9.47 Å². The molecule has 4 atom stereocenters. The number of carbonyl (C=O) groups is 2. The van der Waals surface area contributed by atoms with E-state index in [-0.39, 0.29) is 36.6 Å². The third-order valence-electron chi connectivity index (χ3n) is 6.06. The van der Waals surface area contributed by atoms with Gasteiger partial charge in [-0.2, -0.15) is 0 Å². The quantitative estimate of drug-likeness (QED) is 0.744. The van der Waals surface area contributed by atoms with Gasteiger partial charge in [0.25, 0.3) is 0 Å². The van der Waals surface area contributed by atoms with E-state index in [2.05, 4.69) is 11.9 Å². The van der Waals surface area contributed by atoms with Crippen LogP contribution in [0.1, 0.15) is 40.0 Å². The van der Waals surface area contributed by atoms with Gasteiger partial charge in [-0.1, -0.05) is 36.4 Å². The molecule has 0 amide bonds. The van der Waals surface area contributed by atoms with E-state index in [1.807, 2.05) is 36.4 Å². The van der Waals surface area contributed by atoms with Crippen molar-refractivity contribution in [1.29, 1.82) is 0 Å². The first kappa shape index (κ1) is 18.7. The van der Waals surface area contributed by atoms with Gasteiger partial charge in [0.2, 0.25) is 0 Å². The number of fused-ring (bicyclic) bond motifs is 2. The highest BCUT2D eigenvalue weighted by atomic mass is 16.6. The topological polar surface area (TPSA) is 55.8 Å². The second-order valence-electron chi connectivity index (χ2n) is 7.64. The van der Waals surface area contributed by atoms with Gasteiger partial charge >= 0.3 is 11.9 Å². The Hall–Kier alpha value is -2.66. The Morgan fingerprint density at radius 3 is 2.18 bits per heavy atom. The Kier molecular flexibility index (Phi) is 5.44. The van der Waals surface area contributed by atoms with Crippen LogP contribution in [0.2, 0.25) is 0 Å². The summed E-state index contributed by atoms with van der Waals surface area (Å²) >= 11 is 0. The summed E-state index contributed by atoms with van der Waals surface area (Å²) in [5.41, 5.74) is 1.09. The van der Waals surface area contributed by atoms with Crippen LogP contribution in [0.5, 0.6) is 0 Å². The molecule has 0 saturated carbocycles. The van der Waals surface area contributed by atoms with Crippen LogP contribution in [0.15, 0.2) is 60.7 Å². The second-order valence-corrected chi connectivity index (χ2v) is 7.64. The highest BCUT2D eigenvalue weighted by molar-refractivity contribution is 5.90. The highest BCUT2D eigenvalue weighted by Gasteiger charge is 2.47. The average Bonchev–Trinajstić information content (AvgIpc) is 2.98. The Labute approximate surface area is 165 Å². The summed E-state index contributed by atoms with van der Waals surface area (Å²) in [6.07, 6.45) is 2.65. The first-order valence-corrected chi connectivity index (χ1v) is 9.83. The lowest BCUT2D eigenvalue weighted by molar-refractivity contribution is -0.0538. The molecule has 2 saturated heterocycles. The van der Waals surface area contributed by atoms with E-state index >= 15 is 0 Å². The molecule has 2 heterocycles. The number of rotatable bonds is 5. The summed E-state index contributed by atoms with van der Waals surface area (Å²) in [4.78, 5) is 27.3. The zero-order chi connectivity index (χ0) is 19.5. The van der Waals surface area contributed by atoms with Crippen molar-refractivity contribution in [3.8, 4) is 0 Å². The first-order chi connectivity index (χ1) is 13.6. The van der Waals surface area contributed by atoms with E-state index in [1.165, 1.54) is 0 Å². The van der Waals surface area contributed by atoms with Crippen LogP contribution in [0, 0.1) is 5.92 Å². The lowest BCUT2D eigenvalue weighted by atomic mass is 9.88. The van der Waals surface area contributed by atoms with Crippen molar-refractivity contribution in [2.75, 3.05) is 13.7 Å². The molecule has 0 N–H and O–H groups in total. The smallest absolute Gasteiger partial charge is 0.338 e. The van der Waals surface area contributed by atoms with Gasteiger partial charge < -0.3 is 9.47 Å². The SMILES string of the molecule is CN1C2CCC1C(COC(=O)c1ccccc1)C(OC(=O)c1ccccc1)C2. The molecule has 5 nitrogen and oxygen atoms in total. The van der Waals surface area contributed by atoms with Gasteiger partial charge in [-0.05, 0) is 44.2 Å². The Balaban J connectivity index is 1.46. The first-order valence-electron chi connectivity index (χ1n) is 9.83. The van der Waals surface area contributed by atoms with Crippen molar-refractivity contribution >= 4 is 11.9 Å². The molecule has 2 aliphatic heterocycles. The van der Waals surface area contributed by atoms with Gasteiger partial charge in [0.05, 0.1) is 17.7 Å². The van der Waals surface area contributed by atoms with Crippen molar-refractivity contribution in [3.63, 3.8) is 0 Å². The molecule has 2 aromatic rings. The Bertz CT molecular complexity index is 823. The second kappa shape index (κ2) is 8.15. The largest absolute Gasteiger partial charge is 0.462 e. The van der Waals surface area contributed by atoms with Crippen LogP contribution >= 0.6 is 0 Å². The predicted molar refractivity (Wildman–Crippen MR) is 105 cm³/mol. The van der Waals surface area contributed by atoms with Gasteiger partial charge in [0.15, 0.2) is 0 Å². The minimum atomic E-state index is -0.337. The van der Waals surface area contributed by atoms with Crippen LogP contribution in [0.25, 0.3) is 0 Å². The zero-order valence-corrected chi connectivity index (χ0v) is 16.0. The minimum absolute atomic E-state index is 0.0240. The van der Waals surface area contributed by atoms with Crippen molar-refractivity contribution < 1.29 is 19.1 Å². The maximum Gasteiger partial charge on any atom is 0.338 e. The monoisotopic (exact) mass is 379 g/mol. The molecule has 2 aliphatic rings. The van der Waals surface area contributed by atoms with Crippen molar-refractivity contribution in [2.24, 2.45) is 5.92 Å². The molecular formula is C23H25NO4. The van der Waals surface area contributed by atoms with Gasteiger partial charge in [0.1, 0.15) is 6.10 Å². The number of hydrogen-bond acceptors (Lipinski definition) is 5. The maximum absolute atomic E-state index is 12.6. The standard InChI is InChI=1S/C23H25NO4/c1-24-18-12-13-20(24)19(15-27-22(25)16-8-4-2-5-9-16)21(14-18)28-23(26)17-10-6-3-7-11-17/h2-11,18-21H,12-15H2,1H3. The summed E-state index contributed by atoms with van der Waals surface area (Å²) in [6, 6.07) is 18.7. The lowest BCUT2D eigenvalue weighted by Crippen LogP contribution is -2.52. The van der Waals surface area contributed by atoms with Crippen LogP contribution in [-0.2, 0) is 9.47 Å². The summed E-state index contributed by atoms with van der Waals surface area (Å²) in [5.74, 6) is -0.672. The van der Waals surface area contributed by atoms with Gasteiger partial charge in [0, 0.05) is 24.4 Å². The number of ether oxygens (including phenoxy) is 2. The van der Waals surface area contributed by atoms with E-state index in [0.29, 0.717) is 17.2 Å². The van der Waals surface area contributed by atoms with Crippen molar-refractivity contribution in [1.82, 2.24) is 4.90 Å². The number of piperidine rings is 1. The highest BCUT2D eigenvalue weighted by Crippen LogP contribution is 2.40. The predicted octanol–water partition coefficient (Wildman–Crippen LogP) is 3.55. The normalized spacial score (nSPS) is 26.6. The molecule has 2 fully saturated rings. The fraction of sp³-hybridized carbons (Fsp3) is 0.391. The maximum atomic E-state index is 12.6. The van der Waals surface area contributed by atoms with Crippen LogP contribution in [-0.4, -0.2) is 48.7 Å². The molecule has 0 aromatic heterocycles. The molecule has 0 spiro atoms. The number of benzene rings is 2. The third kappa shape index (κ3) is 3.80. The molecule has 146 valence electrons. The van der Waals surface area contributed by atoms with Crippen LogP contribution < -0.4 is 0 Å². The summed E-state index contributed by atoms with van der Waals surface area (Å²) in [7, 11) is 2.11. The molecule has 4 rings (SSSR count). The molecule has 0 radical (unpaired) electrons. The van der Waals surface area contributed by atoms with E-state index in [9.17, 15) is 9.59 Å². The zero-order valence-electron chi connectivity index (χ0n) is 16.0. The molecule has 2 bridgehead atoms. The summed E-state index contributed by atoms with van der Waals surface area (Å²) in [6.45, 7) is 0.252. The number of hydrogen-bond donors (Lipinski definition) is 0. The van der Waals surface area contributed by atoms with Gasteiger partial charge in [-0.3, -0.25) is 4.90 Å². The summed E-state index contributed by atoms with van der Waals surface area (Å²) in [5, 5.41) is 0. The fourth-order valence-electron chi connectivity index (χ4n) is 4.50. The van der Waals surface area contributed by atoms with Gasteiger partial charge in [-0.25, -0.2) is 9.59 Å². The van der Waals surface area contributed by atoms with Crippen molar-refractivity contribution in [2.45, 2.75) is 37.5 Å². The number of nitrogens with zero attached hydrogens (tertiary/aromatic N) is 1.